The van der Waals surface area contributed by atoms with Gasteiger partial charge in [-0.1, -0.05) is 26.2 Å². The van der Waals surface area contributed by atoms with E-state index in [0.717, 1.165) is 29.2 Å². The molecule has 0 spiro atoms. The fourth-order valence-corrected chi connectivity index (χ4v) is 5.95. The molecule has 1 saturated carbocycles. The second-order valence-electron chi connectivity index (χ2n) is 6.02. The van der Waals surface area contributed by atoms with Crippen molar-refractivity contribution in [1.29, 1.82) is 0 Å². The molecule has 1 heterocycles. The van der Waals surface area contributed by atoms with E-state index >= 15 is 0 Å². The van der Waals surface area contributed by atoms with Gasteiger partial charge in [0, 0.05) is 18.0 Å². The molecule has 0 atom stereocenters. The minimum atomic E-state index is -3.43. The van der Waals surface area contributed by atoms with E-state index < -0.39 is 10.0 Å². The Balaban J connectivity index is 1.97. The Kier molecular flexibility index (Phi) is 5.82. The third kappa shape index (κ3) is 4.06. The molecule has 21 heavy (non-hydrogen) atoms. The Morgan fingerprint density at radius 2 is 1.90 bits per heavy atom. The lowest BCUT2D eigenvalue weighted by Crippen LogP contribution is -2.32. The molecule has 0 unspecified atom stereocenters. The van der Waals surface area contributed by atoms with E-state index in [2.05, 4.69) is 11.6 Å². The number of sulfonamides is 1. The zero-order chi connectivity index (χ0) is 15.5. The summed E-state index contributed by atoms with van der Waals surface area (Å²) in [5.74, 6) is 1.31. The first-order valence-electron chi connectivity index (χ1n) is 7.74. The van der Waals surface area contributed by atoms with Crippen LogP contribution >= 0.6 is 11.3 Å². The molecule has 0 radical (unpaired) electrons. The van der Waals surface area contributed by atoms with Crippen molar-refractivity contribution < 1.29 is 8.42 Å². The molecule has 6 heteroatoms. The first-order valence-corrected chi connectivity index (χ1v) is 10.1. The van der Waals surface area contributed by atoms with Crippen LogP contribution in [0.15, 0.2) is 10.3 Å². The molecular formula is C15H26N2O2S2. The number of rotatable bonds is 6. The van der Waals surface area contributed by atoms with Crippen LogP contribution in [0, 0.1) is 18.8 Å². The van der Waals surface area contributed by atoms with Gasteiger partial charge in [-0.3, -0.25) is 0 Å². The Bertz CT molecular complexity index is 558. The average Bonchev–Trinajstić information content (AvgIpc) is 2.87. The Labute approximate surface area is 132 Å². The normalized spacial score (nSPS) is 23.4. The van der Waals surface area contributed by atoms with Gasteiger partial charge in [0.1, 0.15) is 4.90 Å². The molecule has 2 rings (SSSR count). The summed E-state index contributed by atoms with van der Waals surface area (Å²) < 4.78 is 27.8. The largest absolute Gasteiger partial charge is 0.326 e. The second kappa shape index (κ2) is 7.22. The molecule has 1 aromatic heterocycles. The Morgan fingerprint density at radius 1 is 1.29 bits per heavy atom. The van der Waals surface area contributed by atoms with Crippen LogP contribution in [0.1, 0.15) is 49.5 Å². The van der Waals surface area contributed by atoms with Crippen LogP contribution in [0.25, 0.3) is 0 Å². The smallest absolute Gasteiger partial charge is 0.241 e. The molecule has 0 aliphatic heterocycles. The zero-order valence-corrected chi connectivity index (χ0v) is 14.5. The molecule has 3 N–H and O–H groups in total. The molecule has 0 bridgehead atoms. The van der Waals surface area contributed by atoms with Crippen LogP contribution in [0.4, 0.5) is 0 Å². The molecule has 0 saturated heterocycles. The lowest BCUT2D eigenvalue weighted by Gasteiger charge is -2.27. The fourth-order valence-electron chi connectivity index (χ4n) is 3.13. The van der Waals surface area contributed by atoms with Gasteiger partial charge in [0.05, 0.1) is 0 Å². The predicted octanol–water partition coefficient (Wildman–Crippen LogP) is 3.01. The highest BCUT2D eigenvalue weighted by atomic mass is 32.2. The van der Waals surface area contributed by atoms with Crippen molar-refractivity contribution in [1.82, 2.24) is 4.72 Å². The molecule has 1 aliphatic carbocycles. The van der Waals surface area contributed by atoms with Crippen LogP contribution in [0.2, 0.25) is 0 Å². The monoisotopic (exact) mass is 330 g/mol. The lowest BCUT2D eigenvalue weighted by molar-refractivity contribution is 0.270. The Morgan fingerprint density at radius 3 is 2.48 bits per heavy atom. The van der Waals surface area contributed by atoms with Crippen LogP contribution in [-0.2, 0) is 16.6 Å². The minimum Gasteiger partial charge on any atom is -0.326 e. The van der Waals surface area contributed by atoms with Crippen LogP contribution in [0.5, 0.6) is 0 Å². The van der Waals surface area contributed by atoms with E-state index in [-0.39, 0.29) is 6.54 Å². The number of thiophene rings is 1. The summed E-state index contributed by atoms with van der Waals surface area (Å²) in [4.78, 5) is 1.15. The van der Waals surface area contributed by atoms with Crippen molar-refractivity contribution in [3.05, 3.63) is 15.8 Å². The number of nitrogens with one attached hydrogen (secondary N) is 1. The predicted molar refractivity (Wildman–Crippen MR) is 87.9 cm³/mol. The molecule has 4 nitrogen and oxygen atoms in total. The van der Waals surface area contributed by atoms with Gasteiger partial charge in [-0.25, -0.2) is 13.1 Å². The van der Waals surface area contributed by atoms with Crippen molar-refractivity contribution >= 4 is 21.4 Å². The lowest BCUT2D eigenvalue weighted by atomic mass is 9.81. The van der Waals surface area contributed by atoms with Gasteiger partial charge >= 0.3 is 0 Å². The van der Waals surface area contributed by atoms with Gasteiger partial charge in [-0.2, -0.15) is 0 Å². The van der Waals surface area contributed by atoms with Gasteiger partial charge in [0.2, 0.25) is 10.0 Å². The van der Waals surface area contributed by atoms with E-state index in [4.69, 9.17) is 5.73 Å². The van der Waals surface area contributed by atoms with E-state index in [1.165, 1.54) is 30.6 Å². The van der Waals surface area contributed by atoms with Crippen LogP contribution in [0.3, 0.4) is 0 Å². The summed E-state index contributed by atoms with van der Waals surface area (Å²) >= 11 is 1.42. The highest BCUT2D eigenvalue weighted by molar-refractivity contribution is 7.89. The van der Waals surface area contributed by atoms with Gasteiger partial charge in [-0.05, 0) is 42.5 Å². The number of hydrogen-bond acceptors (Lipinski definition) is 4. The summed E-state index contributed by atoms with van der Waals surface area (Å²) in [6.45, 7) is 4.90. The van der Waals surface area contributed by atoms with Crippen molar-refractivity contribution in [3.63, 3.8) is 0 Å². The topological polar surface area (TPSA) is 72.2 Å². The molecule has 120 valence electrons. The third-order valence-electron chi connectivity index (χ3n) is 4.55. The van der Waals surface area contributed by atoms with Gasteiger partial charge in [-0.15, -0.1) is 11.3 Å². The molecule has 0 aromatic carbocycles. The SMILES string of the molecule is CCC1CCC(CNS(=O)(=O)c2c(C)csc2CN)CC1. The fraction of sp³-hybridized carbons (Fsp3) is 0.733. The van der Waals surface area contributed by atoms with Crippen molar-refractivity contribution in [2.75, 3.05) is 6.54 Å². The maximum Gasteiger partial charge on any atom is 0.241 e. The molecule has 0 amide bonds. The highest BCUT2D eigenvalue weighted by Crippen LogP contribution is 2.31. The first kappa shape index (κ1) is 16.9. The summed E-state index contributed by atoms with van der Waals surface area (Å²) in [6, 6.07) is 0. The zero-order valence-electron chi connectivity index (χ0n) is 12.9. The second-order valence-corrected chi connectivity index (χ2v) is 8.69. The van der Waals surface area contributed by atoms with Crippen molar-refractivity contribution in [2.24, 2.45) is 17.6 Å². The first-order chi connectivity index (χ1) is 9.97. The standard InChI is InChI=1S/C15H26N2O2S2/c1-3-12-4-6-13(7-5-12)9-17-21(18,19)15-11(2)10-20-14(15)8-16/h10,12-13,17H,3-9,16H2,1-2H3. The summed E-state index contributed by atoms with van der Waals surface area (Å²) in [5.41, 5.74) is 6.44. The Hall–Kier alpha value is -0.430. The summed E-state index contributed by atoms with van der Waals surface area (Å²) in [6.07, 6.45) is 5.97. The molecular weight excluding hydrogens is 304 g/mol. The van der Waals surface area contributed by atoms with E-state index in [0.29, 0.717) is 17.4 Å². The number of nitrogens with two attached hydrogens (primary N) is 1. The molecule has 1 aliphatic rings. The van der Waals surface area contributed by atoms with Crippen LogP contribution < -0.4 is 10.5 Å². The molecule has 1 aromatic rings. The summed E-state index contributed by atoms with van der Waals surface area (Å²) in [5, 5.41) is 1.86. The maximum absolute atomic E-state index is 12.5. The van der Waals surface area contributed by atoms with Crippen molar-refractivity contribution in [2.45, 2.75) is 57.4 Å². The minimum absolute atomic E-state index is 0.274. The van der Waals surface area contributed by atoms with E-state index in [1.54, 1.807) is 0 Å². The van der Waals surface area contributed by atoms with Gasteiger partial charge < -0.3 is 5.73 Å². The quantitative estimate of drug-likeness (QED) is 0.842. The third-order valence-corrected chi connectivity index (χ3v) is 7.46. The van der Waals surface area contributed by atoms with E-state index in [9.17, 15) is 8.42 Å². The van der Waals surface area contributed by atoms with Crippen molar-refractivity contribution in [3.8, 4) is 0 Å². The average molecular weight is 331 g/mol. The van der Waals surface area contributed by atoms with Gasteiger partial charge in [0.15, 0.2) is 0 Å². The van der Waals surface area contributed by atoms with Gasteiger partial charge in [0.25, 0.3) is 0 Å². The van der Waals surface area contributed by atoms with Crippen LogP contribution in [-0.4, -0.2) is 15.0 Å². The maximum atomic E-state index is 12.5. The summed E-state index contributed by atoms with van der Waals surface area (Å²) in [7, 11) is -3.43. The van der Waals surface area contributed by atoms with E-state index in [1.807, 2.05) is 12.3 Å². The highest BCUT2D eigenvalue weighted by Gasteiger charge is 2.25. The number of hydrogen-bond donors (Lipinski definition) is 2. The molecule has 1 fully saturated rings. The number of aryl methyl sites for hydroxylation is 1.